The van der Waals surface area contributed by atoms with Crippen LogP contribution < -0.4 is 10.1 Å². The van der Waals surface area contributed by atoms with E-state index in [-0.39, 0.29) is 24.3 Å². The van der Waals surface area contributed by atoms with E-state index in [1.807, 2.05) is 4.90 Å². The number of hydrogen-bond acceptors (Lipinski definition) is 5. The predicted molar refractivity (Wildman–Crippen MR) is 119 cm³/mol. The molecule has 0 radical (unpaired) electrons. The Morgan fingerprint density at radius 2 is 1.91 bits per heavy atom. The largest absolute Gasteiger partial charge is 0.490 e. The number of carbonyl (C=O) groups excluding carboxylic acids is 1. The third kappa shape index (κ3) is 7.35. The Labute approximate surface area is 203 Å². The smallest absolute Gasteiger partial charge is 0.417 e. The molecule has 2 N–H and O–H groups in total. The molecular weight excluding hydrogens is 506 g/mol. The molecule has 1 aromatic carbocycles. The third-order valence-corrected chi connectivity index (χ3v) is 6.06. The van der Waals surface area contributed by atoms with Gasteiger partial charge in [0.2, 0.25) is 0 Å². The average Bonchev–Trinajstić information content (AvgIpc) is 2.75. The van der Waals surface area contributed by atoms with E-state index in [0.717, 1.165) is 6.20 Å². The first-order valence-electron chi connectivity index (χ1n) is 10.1. The molecule has 1 fully saturated rings. The second-order valence-corrected chi connectivity index (χ2v) is 8.81. The maximum Gasteiger partial charge on any atom is 0.417 e. The number of likely N-dealkylation sites (tertiary alicyclic amines) is 1. The van der Waals surface area contributed by atoms with E-state index < -0.39 is 29.3 Å². The van der Waals surface area contributed by atoms with Gasteiger partial charge in [0.15, 0.2) is 0 Å². The van der Waals surface area contributed by atoms with E-state index in [0.29, 0.717) is 47.8 Å². The van der Waals surface area contributed by atoms with Gasteiger partial charge in [-0.05, 0) is 31.0 Å². The Hall–Kier alpha value is -1.78. The molecule has 3 rings (SSSR count). The highest BCUT2D eigenvalue weighted by atomic mass is 35.5. The van der Waals surface area contributed by atoms with Crippen LogP contribution in [0.15, 0.2) is 30.5 Å². The first kappa shape index (κ1) is 25.8. The van der Waals surface area contributed by atoms with Crippen molar-refractivity contribution in [2.75, 3.05) is 26.2 Å². The number of hydrogen-bond donors (Lipinski definition) is 2. The molecule has 2 aromatic rings. The minimum absolute atomic E-state index is 0.0199. The molecule has 1 aliphatic heterocycles. The van der Waals surface area contributed by atoms with E-state index in [2.05, 4.69) is 10.3 Å². The highest BCUT2D eigenvalue weighted by Gasteiger charge is 2.36. The zero-order valence-electron chi connectivity index (χ0n) is 17.2. The fourth-order valence-corrected chi connectivity index (χ4v) is 3.91. The number of nitrogens with one attached hydrogen (secondary N) is 1. The van der Waals surface area contributed by atoms with Gasteiger partial charge in [-0.1, -0.05) is 34.8 Å². The summed E-state index contributed by atoms with van der Waals surface area (Å²) < 4.78 is 45.4. The van der Waals surface area contributed by atoms with Gasteiger partial charge in [-0.25, -0.2) is 4.98 Å². The number of amides is 1. The molecule has 1 amide bonds. The molecule has 1 saturated heterocycles. The summed E-state index contributed by atoms with van der Waals surface area (Å²) in [5.74, 6) is -0.361. The lowest BCUT2D eigenvalue weighted by Crippen LogP contribution is -2.45. The van der Waals surface area contributed by atoms with Crippen molar-refractivity contribution < 1.29 is 27.8 Å². The minimum Gasteiger partial charge on any atom is -0.490 e. The lowest BCUT2D eigenvalue weighted by molar-refractivity contribution is -0.138. The number of aliphatic hydroxyl groups excluding tert-OH is 1. The molecule has 0 bridgehead atoms. The number of piperidine rings is 1. The number of halogens is 6. The number of alkyl halides is 3. The van der Waals surface area contributed by atoms with Crippen LogP contribution in [0.5, 0.6) is 5.75 Å². The predicted octanol–water partition coefficient (Wildman–Crippen LogP) is 4.69. The number of carbonyl (C=O) groups is 1. The van der Waals surface area contributed by atoms with Crippen molar-refractivity contribution >= 4 is 40.7 Å². The van der Waals surface area contributed by atoms with Gasteiger partial charge in [0, 0.05) is 38.4 Å². The van der Waals surface area contributed by atoms with E-state index in [1.54, 1.807) is 18.2 Å². The molecule has 0 aliphatic carbocycles. The Morgan fingerprint density at radius 3 is 2.55 bits per heavy atom. The summed E-state index contributed by atoms with van der Waals surface area (Å²) in [6, 6.07) is 5.66. The van der Waals surface area contributed by atoms with Gasteiger partial charge in [0.25, 0.3) is 5.91 Å². The summed E-state index contributed by atoms with van der Waals surface area (Å²) in [6.45, 7) is 1.34. The number of aliphatic hydroxyl groups is 1. The van der Waals surface area contributed by atoms with Crippen molar-refractivity contribution in [3.05, 3.63) is 56.8 Å². The summed E-state index contributed by atoms with van der Waals surface area (Å²) in [4.78, 5) is 17.8. The van der Waals surface area contributed by atoms with E-state index in [9.17, 15) is 23.1 Å². The van der Waals surface area contributed by atoms with Gasteiger partial charge < -0.3 is 20.1 Å². The Bertz CT molecular complexity index is 986. The zero-order valence-corrected chi connectivity index (χ0v) is 19.5. The summed E-state index contributed by atoms with van der Waals surface area (Å²) in [5, 5.41) is 13.1. The molecule has 6 nitrogen and oxygen atoms in total. The molecule has 33 heavy (non-hydrogen) atoms. The number of ether oxygens (including phenoxy) is 1. The van der Waals surface area contributed by atoms with Crippen molar-refractivity contribution in [1.82, 2.24) is 15.2 Å². The van der Waals surface area contributed by atoms with Crippen LogP contribution in [0.25, 0.3) is 0 Å². The molecule has 1 aromatic heterocycles. The van der Waals surface area contributed by atoms with Gasteiger partial charge in [0.1, 0.15) is 17.0 Å². The number of pyridine rings is 1. The minimum atomic E-state index is -4.76. The molecular formula is C21H21Cl3F3N3O3. The van der Waals surface area contributed by atoms with Gasteiger partial charge in [-0.15, -0.1) is 0 Å². The zero-order chi connectivity index (χ0) is 24.2. The van der Waals surface area contributed by atoms with Gasteiger partial charge >= 0.3 is 6.18 Å². The second kappa shape index (κ2) is 11.1. The molecule has 1 atom stereocenters. The molecule has 0 unspecified atom stereocenters. The van der Waals surface area contributed by atoms with Gasteiger partial charge in [0.05, 0.1) is 27.3 Å². The normalized spacial score (nSPS) is 16.5. The van der Waals surface area contributed by atoms with Crippen molar-refractivity contribution in [2.24, 2.45) is 0 Å². The highest BCUT2D eigenvalue weighted by Crippen LogP contribution is 2.33. The molecule has 2 heterocycles. The Kier molecular flexibility index (Phi) is 8.69. The van der Waals surface area contributed by atoms with Crippen LogP contribution in [0.2, 0.25) is 15.2 Å². The topological polar surface area (TPSA) is 74.7 Å². The van der Waals surface area contributed by atoms with Crippen LogP contribution in [0.4, 0.5) is 13.2 Å². The maximum atomic E-state index is 13.2. The Balaban J connectivity index is 1.45. The van der Waals surface area contributed by atoms with Crippen LogP contribution in [0.1, 0.15) is 28.8 Å². The van der Waals surface area contributed by atoms with Gasteiger partial charge in [-0.3, -0.25) is 4.79 Å². The average molecular weight is 527 g/mol. The molecule has 1 aliphatic rings. The monoisotopic (exact) mass is 525 g/mol. The number of benzene rings is 1. The maximum absolute atomic E-state index is 13.2. The van der Waals surface area contributed by atoms with E-state index in [1.165, 1.54) is 0 Å². The SMILES string of the molecule is O=C(NC[C@@H](O)CN1CCC(Oc2ccc(Cl)c(Cl)c2)CC1)c1cnc(Cl)cc1C(F)(F)F. The second-order valence-electron chi connectivity index (χ2n) is 7.61. The molecule has 0 saturated carbocycles. The number of nitrogens with zero attached hydrogens (tertiary/aromatic N) is 2. The number of β-amino-alcohol motifs (C(OH)–C–C–N with tert-alkyl or cyclic N) is 1. The van der Waals surface area contributed by atoms with Crippen molar-refractivity contribution in [3.8, 4) is 5.75 Å². The van der Waals surface area contributed by atoms with Crippen molar-refractivity contribution in [3.63, 3.8) is 0 Å². The summed E-state index contributed by atoms with van der Waals surface area (Å²) in [6.07, 6.45) is -3.55. The van der Waals surface area contributed by atoms with Crippen LogP contribution in [-0.4, -0.2) is 59.3 Å². The quantitative estimate of drug-likeness (QED) is 0.512. The summed E-state index contributed by atoms with van der Waals surface area (Å²) >= 11 is 17.4. The summed E-state index contributed by atoms with van der Waals surface area (Å²) in [7, 11) is 0. The van der Waals surface area contributed by atoms with E-state index >= 15 is 0 Å². The van der Waals surface area contributed by atoms with Crippen molar-refractivity contribution in [2.45, 2.75) is 31.2 Å². The van der Waals surface area contributed by atoms with Gasteiger partial charge in [-0.2, -0.15) is 13.2 Å². The first-order valence-corrected chi connectivity index (χ1v) is 11.2. The lowest BCUT2D eigenvalue weighted by atomic mass is 10.1. The summed E-state index contributed by atoms with van der Waals surface area (Å²) in [5.41, 5.74) is -1.84. The standard InChI is InChI=1S/C21H21Cl3F3N3O3/c22-17-2-1-14(7-18(17)23)33-13-3-5-30(6-4-13)11-12(31)9-29-20(32)15-10-28-19(24)8-16(15)21(25,26)27/h1-2,7-8,10,12-13,31H,3-6,9,11H2,(H,29,32)/t12-/m1/s1. The fraction of sp³-hybridized carbons (Fsp3) is 0.429. The first-order chi connectivity index (χ1) is 15.5. The molecule has 180 valence electrons. The lowest BCUT2D eigenvalue weighted by Gasteiger charge is -2.33. The molecule has 0 spiro atoms. The van der Waals surface area contributed by atoms with Crippen LogP contribution in [0, 0.1) is 0 Å². The van der Waals surface area contributed by atoms with Crippen molar-refractivity contribution in [1.29, 1.82) is 0 Å². The van der Waals surface area contributed by atoms with Crippen LogP contribution >= 0.6 is 34.8 Å². The highest BCUT2D eigenvalue weighted by molar-refractivity contribution is 6.42. The fourth-order valence-electron chi connectivity index (χ4n) is 3.47. The van der Waals surface area contributed by atoms with E-state index in [4.69, 9.17) is 39.5 Å². The van der Waals surface area contributed by atoms with Crippen LogP contribution in [0.3, 0.4) is 0 Å². The van der Waals surface area contributed by atoms with Crippen LogP contribution in [-0.2, 0) is 6.18 Å². The molecule has 12 heteroatoms. The number of rotatable bonds is 7. The number of aromatic nitrogens is 1. The Morgan fingerprint density at radius 1 is 1.21 bits per heavy atom. The third-order valence-electron chi connectivity index (χ3n) is 5.12.